The van der Waals surface area contributed by atoms with Crippen LogP contribution in [-0.2, 0) is 0 Å². The van der Waals surface area contributed by atoms with Crippen molar-refractivity contribution in [1.29, 1.82) is 0 Å². The average Bonchev–Trinajstić information content (AvgIpc) is 3.60. The van der Waals surface area contributed by atoms with Crippen molar-refractivity contribution in [3.05, 3.63) is 218 Å². The summed E-state index contributed by atoms with van der Waals surface area (Å²) in [5.41, 5.74) is 14.1. The Labute approximate surface area is 315 Å². The van der Waals surface area contributed by atoms with Crippen LogP contribution in [0.5, 0.6) is 0 Å². The second kappa shape index (κ2) is 13.4. The summed E-state index contributed by atoms with van der Waals surface area (Å²) in [5.74, 6) is 0. The largest absolute Gasteiger partial charge is 0.309 e. The highest BCUT2D eigenvalue weighted by Crippen LogP contribution is 2.47. The summed E-state index contributed by atoms with van der Waals surface area (Å²) in [5, 5.41) is 4.84. The van der Waals surface area contributed by atoms with Crippen LogP contribution in [0.3, 0.4) is 0 Å². The summed E-state index contributed by atoms with van der Waals surface area (Å²) in [4.78, 5) is 2.45. The maximum Gasteiger partial charge on any atom is 0.0562 e. The molecule has 0 saturated heterocycles. The Balaban J connectivity index is 1.26. The lowest BCUT2D eigenvalue weighted by Crippen LogP contribution is -2.11. The van der Waals surface area contributed by atoms with Crippen LogP contribution in [0, 0.1) is 0 Å². The first-order valence-corrected chi connectivity index (χ1v) is 18.5. The molecule has 0 aliphatic rings. The standard InChI is InChI=1S/C52H36N2/c1-5-18-37(19-6-1)40-32-34-49(46(36-40)39-22-9-3-10-23-39)54-47-29-16-15-28-45(47)52-50(30-17-31-51(52)54)53(41-24-11-4-12-25-41)48-35-33-42(38-20-7-2-8-21-38)43-26-13-14-27-44(43)48/h1-36H. The van der Waals surface area contributed by atoms with Crippen molar-refractivity contribution in [2.45, 2.75) is 0 Å². The lowest BCUT2D eigenvalue weighted by atomic mass is 9.96. The number of rotatable bonds is 7. The molecule has 9 aromatic carbocycles. The fraction of sp³-hybridized carbons (Fsp3) is 0. The smallest absolute Gasteiger partial charge is 0.0562 e. The van der Waals surface area contributed by atoms with Gasteiger partial charge in [-0.1, -0.05) is 170 Å². The van der Waals surface area contributed by atoms with Gasteiger partial charge in [-0.3, -0.25) is 0 Å². The second-order valence-corrected chi connectivity index (χ2v) is 13.7. The maximum atomic E-state index is 2.46. The van der Waals surface area contributed by atoms with Gasteiger partial charge < -0.3 is 9.47 Å². The number of nitrogens with zero attached hydrogens (tertiary/aromatic N) is 2. The molecule has 1 aromatic heterocycles. The average molecular weight is 689 g/mol. The fourth-order valence-electron chi connectivity index (χ4n) is 8.17. The van der Waals surface area contributed by atoms with Crippen LogP contribution in [0.15, 0.2) is 218 Å². The molecular weight excluding hydrogens is 653 g/mol. The van der Waals surface area contributed by atoms with Crippen molar-refractivity contribution in [2.24, 2.45) is 0 Å². The second-order valence-electron chi connectivity index (χ2n) is 13.7. The third-order valence-corrected chi connectivity index (χ3v) is 10.6. The van der Waals surface area contributed by atoms with Gasteiger partial charge in [0.1, 0.15) is 0 Å². The minimum absolute atomic E-state index is 1.11. The van der Waals surface area contributed by atoms with Crippen molar-refractivity contribution < 1.29 is 0 Å². The third kappa shape index (κ3) is 5.36. The maximum absolute atomic E-state index is 2.46. The highest BCUT2D eigenvalue weighted by atomic mass is 15.1. The molecule has 0 radical (unpaired) electrons. The molecular formula is C52H36N2. The minimum atomic E-state index is 1.11. The van der Waals surface area contributed by atoms with Gasteiger partial charge in [-0.05, 0) is 81.7 Å². The highest BCUT2D eigenvalue weighted by molar-refractivity contribution is 6.18. The van der Waals surface area contributed by atoms with Gasteiger partial charge in [-0.25, -0.2) is 0 Å². The van der Waals surface area contributed by atoms with Gasteiger partial charge in [0.15, 0.2) is 0 Å². The number of aromatic nitrogens is 1. The molecule has 0 saturated carbocycles. The Hall–Kier alpha value is -7.16. The molecule has 54 heavy (non-hydrogen) atoms. The third-order valence-electron chi connectivity index (χ3n) is 10.6. The zero-order valence-electron chi connectivity index (χ0n) is 29.7. The predicted octanol–water partition coefficient (Wildman–Crippen LogP) is 14.4. The van der Waals surface area contributed by atoms with Gasteiger partial charge in [0.05, 0.1) is 28.1 Å². The predicted molar refractivity (Wildman–Crippen MR) is 229 cm³/mol. The molecule has 0 aliphatic heterocycles. The molecule has 254 valence electrons. The van der Waals surface area contributed by atoms with E-state index in [1.54, 1.807) is 0 Å². The summed E-state index contributed by atoms with van der Waals surface area (Å²) in [6.45, 7) is 0. The van der Waals surface area contributed by atoms with E-state index in [1.165, 1.54) is 60.4 Å². The van der Waals surface area contributed by atoms with Gasteiger partial charge in [0.2, 0.25) is 0 Å². The van der Waals surface area contributed by atoms with Crippen molar-refractivity contribution in [1.82, 2.24) is 4.57 Å². The molecule has 10 rings (SSSR count). The summed E-state index contributed by atoms with van der Waals surface area (Å²) in [6, 6.07) is 78.9. The SMILES string of the molecule is c1ccc(-c2ccc(-n3c4ccccc4c4c(N(c5ccccc5)c5ccc(-c6ccccc6)c6ccccc56)cccc43)c(-c3ccccc3)c2)cc1. The lowest BCUT2D eigenvalue weighted by molar-refractivity contribution is 1.18. The van der Waals surface area contributed by atoms with E-state index in [0.717, 1.165) is 28.3 Å². The Morgan fingerprint density at radius 2 is 0.870 bits per heavy atom. The van der Waals surface area contributed by atoms with E-state index in [4.69, 9.17) is 0 Å². The molecule has 0 atom stereocenters. The van der Waals surface area contributed by atoms with Crippen LogP contribution in [0.1, 0.15) is 0 Å². The van der Waals surface area contributed by atoms with Crippen molar-refractivity contribution >= 4 is 49.6 Å². The van der Waals surface area contributed by atoms with E-state index in [2.05, 4.69) is 228 Å². The van der Waals surface area contributed by atoms with Gasteiger partial charge in [-0.15, -0.1) is 0 Å². The Morgan fingerprint density at radius 1 is 0.315 bits per heavy atom. The first kappa shape index (κ1) is 31.6. The summed E-state index contributed by atoms with van der Waals surface area (Å²) in [6.07, 6.45) is 0. The number of benzene rings is 9. The monoisotopic (exact) mass is 688 g/mol. The highest BCUT2D eigenvalue weighted by Gasteiger charge is 2.24. The Bertz CT molecular complexity index is 2910. The van der Waals surface area contributed by atoms with Crippen molar-refractivity contribution in [3.63, 3.8) is 0 Å². The zero-order valence-corrected chi connectivity index (χ0v) is 29.7. The van der Waals surface area contributed by atoms with E-state index in [1.807, 2.05) is 0 Å². The lowest BCUT2D eigenvalue weighted by Gasteiger charge is -2.28. The quantitative estimate of drug-likeness (QED) is 0.162. The molecule has 0 amide bonds. The first-order valence-electron chi connectivity index (χ1n) is 18.5. The molecule has 0 unspecified atom stereocenters. The van der Waals surface area contributed by atoms with E-state index in [0.29, 0.717) is 0 Å². The Morgan fingerprint density at radius 3 is 1.57 bits per heavy atom. The van der Waals surface area contributed by atoms with Gasteiger partial charge in [-0.2, -0.15) is 0 Å². The number of hydrogen-bond donors (Lipinski definition) is 0. The number of anilines is 3. The fourth-order valence-corrected chi connectivity index (χ4v) is 8.17. The molecule has 0 aliphatic carbocycles. The van der Waals surface area contributed by atoms with E-state index < -0.39 is 0 Å². The molecule has 0 bridgehead atoms. The summed E-state index contributed by atoms with van der Waals surface area (Å²) >= 11 is 0. The van der Waals surface area contributed by atoms with Crippen LogP contribution in [0.25, 0.3) is 71.6 Å². The topological polar surface area (TPSA) is 8.17 Å². The number of para-hydroxylation sites is 2. The van der Waals surface area contributed by atoms with Crippen LogP contribution < -0.4 is 4.90 Å². The van der Waals surface area contributed by atoms with E-state index >= 15 is 0 Å². The molecule has 2 heteroatoms. The van der Waals surface area contributed by atoms with E-state index in [-0.39, 0.29) is 0 Å². The Kier molecular flexibility index (Phi) is 7.85. The van der Waals surface area contributed by atoms with Crippen LogP contribution >= 0.6 is 0 Å². The van der Waals surface area contributed by atoms with Crippen molar-refractivity contribution in [2.75, 3.05) is 4.90 Å². The molecule has 0 fully saturated rings. The van der Waals surface area contributed by atoms with Gasteiger partial charge in [0, 0.05) is 27.4 Å². The molecule has 10 aromatic rings. The number of fused-ring (bicyclic) bond motifs is 4. The first-order chi connectivity index (χ1) is 26.8. The molecule has 0 N–H and O–H groups in total. The molecule has 1 heterocycles. The van der Waals surface area contributed by atoms with Crippen molar-refractivity contribution in [3.8, 4) is 39.1 Å². The van der Waals surface area contributed by atoms with Gasteiger partial charge >= 0.3 is 0 Å². The van der Waals surface area contributed by atoms with Crippen LogP contribution in [-0.4, -0.2) is 4.57 Å². The molecule has 2 nitrogen and oxygen atoms in total. The van der Waals surface area contributed by atoms with Crippen LogP contribution in [0.2, 0.25) is 0 Å². The van der Waals surface area contributed by atoms with Crippen LogP contribution in [0.4, 0.5) is 17.1 Å². The summed E-state index contributed by atoms with van der Waals surface area (Å²) in [7, 11) is 0. The van der Waals surface area contributed by atoms with E-state index in [9.17, 15) is 0 Å². The zero-order chi connectivity index (χ0) is 35.8. The normalized spacial score (nSPS) is 11.3. The van der Waals surface area contributed by atoms with Gasteiger partial charge in [0.25, 0.3) is 0 Å². The summed E-state index contributed by atoms with van der Waals surface area (Å²) < 4.78 is 2.46. The molecule has 0 spiro atoms. The number of hydrogen-bond acceptors (Lipinski definition) is 1. The minimum Gasteiger partial charge on any atom is -0.309 e.